The summed E-state index contributed by atoms with van der Waals surface area (Å²) in [7, 11) is 0. The second-order valence-electron chi connectivity index (χ2n) is 14.0. The van der Waals surface area contributed by atoms with Crippen molar-refractivity contribution in [1.29, 1.82) is 0 Å². The van der Waals surface area contributed by atoms with Crippen LogP contribution in [0.5, 0.6) is 0 Å². The smallest absolute Gasteiger partial charge is 0.378 e. The summed E-state index contributed by atoms with van der Waals surface area (Å²) in [5, 5.41) is 4.52. The molecule has 3 atom stereocenters. The van der Waals surface area contributed by atoms with Gasteiger partial charge in [-0.15, -0.1) is 0 Å². The summed E-state index contributed by atoms with van der Waals surface area (Å²) in [4.78, 5) is 68.7. The number of carbonyl (C=O) groups excluding carboxylic acids is 5. The van der Waals surface area contributed by atoms with Crippen LogP contribution in [0.4, 0.5) is 39.5 Å². The Morgan fingerprint density at radius 1 is 0.745 bits per heavy atom. The zero-order valence-electron chi connectivity index (χ0n) is 30.0. The topological polar surface area (TPSA) is 125 Å². The van der Waals surface area contributed by atoms with Crippen LogP contribution >= 0.6 is 0 Å². The number of nitrogens with one attached hydrogen (secondary N) is 2. The molecule has 1 fully saturated rings. The van der Waals surface area contributed by atoms with Gasteiger partial charge in [-0.1, -0.05) is 52.0 Å². The minimum Gasteiger partial charge on any atom is -0.378 e. The number of amides is 4. The highest BCUT2D eigenvalue weighted by Crippen LogP contribution is 2.54. The molecule has 0 bridgehead atoms. The van der Waals surface area contributed by atoms with Crippen LogP contribution in [0.2, 0.25) is 0 Å². The van der Waals surface area contributed by atoms with Crippen LogP contribution in [-0.4, -0.2) is 108 Å². The van der Waals surface area contributed by atoms with Crippen molar-refractivity contribution in [3.8, 4) is 0 Å². The van der Waals surface area contributed by atoms with E-state index in [9.17, 15) is 54.7 Å². The Morgan fingerprint density at radius 3 is 1.82 bits per heavy atom. The molecule has 0 spiro atoms. The van der Waals surface area contributed by atoms with Crippen molar-refractivity contribution in [1.82, 2.24) is 20.4 Å². The molecule has 2 aliphatic rings. The van der Waals surface area contributed by atoms with Gasteiger partial charge in [0.15, 0.2) is 0 Å². The van der Waals surface area contributed by atoms with Gasteiger partial charge in [0.25, 0.3) is 11.8 Å². The highest BCUT2D eigenvalue weighted by molar-refractivity contribution is 6.04. The lowest BCUT2D eigenvalue weighted by molar-refractivity contribution is -0.388. The van der Waals surface area contributed by atoms with Gasteiger partial charge in [-0.25, -0.2) is 0 Å². The number of hydrogen-bond donors (Lipinski definition) is 2. The van der Waals surface area contributed by atoms with Gasteiger partial charge in [0.05, 0.1) is 25.3 Å². The predicted octanol–water partition coefficient (Wildman–Crippen LogP) is 5.05. The third-order valence-electron chi connectivity index (χ3n) is 9.47. The Hall–Kier alpha value is -4.52. The van der Waals surface area contributed by atoms with Crippen molar-refractivity contribution >= 4 is 29.4 Å². The van der Waals surface area contributed by atoms with E-state index in [1.54, 1.807) is 4.90 Å². The highest BCUT2D eigenvalue weighted by atomic mass is 19.4. The number of alkyl halides is 9. The molecule has 2 aromatic carbocycles. The number of morpholine rings is 1. The van der Waals surface area contributed by atoms with E-state index in [0.717, 1.165) is 13.8 Å². The molecule has 2 heterocycles. The van der Waals surface area contributed by atoms with Crippen molar-refractivity contribution in [3.05, 3.63) is 70.8 Å². The summed E-state index contributed by atoms with van der Waals surface area (Å²) >= 11 is 0. The molecular weight excluding hydrogens is 755 g/mol. The largest absolute Gasteiger partial charge is 0.460 e. The van der Waals surface area contributed by atoms with Gasteiger partial charge >= 0.3 is 23.9 Å². The van der Waals surface area contributed by atoms with Crippen LogP contribution in [0.3, 0.4) is 0 Å². The van der Waals surface area contributed by atoms with Crippen LogP contribution < -0.4 is 10.6 Å². The fourth-order valence-electron chi connectivity index (χ4n) is 6.39. The predicted molar refractivity (Wildman–Crippen MR) is 176 cm³/mol. The molecule has 55 heavy (non-hydrogen) atoms. The van der Waals surface area contributed by atoms with Gasteiger partial charge in [0.1, 0.15) is 6.04 Å². The maximum atomic E-state index is 15.1. The minimum absolute atomic E-state index is 0.0329. The monoisotopic (exact) mass is 794 g/mol. The Morgan fingerprint density at radius 2 is 1.29 bits per heavy atom. The number of ketones is 1. The number of Topliss-reactive ketones (excluding diaryl/α,β-unsaturated/α-hetero) is 1. The number of ether oxygens (including phenoxy) is 1. The van der Waals surface area contributed by atoms with Crippen LogP contribution in [0, 0.1) is 11.8 Å². The molecule has 2 unspecified atom stereocenters. The number of halogens is 9. The number of nitrogens with zero attached hydrogens (tertiary/aromatic N) is 2. The summed E-state index contributed by atoms with van der Waals surface area (Å²) in [6.07, 6.45) is -7.59. The van der Waals surface area contributed by atoms with Crippen LogP contribution in [0.15, 0.2) is 48.5 Å². The Bertz CT molecular complexity index is 1760. The summed E-state index contributed by atoms with van der Waals surface area (Å²) in [6, 6.07) is 5.69. The molecule has 302 valence electrons. The number of hydrogen-bond acceptors (Lipinski definition) is 7. The third kappa shape index (κ3) is 8.66. The standard InChI is InChI=1S/C36H39F9N4O6/c1-19(2)26(46-29(51)21-9-11-22(12-10-21)32(54)48-13-15-55-16-14-48)31(53)47-30(52)25-17-23-7-5-6-8-24(23)18-49(25)27(20(3)4)28(50)33(37,38)34(39,40)35(41,42)36(43,44)45/h5-12,19-20,25-27H,13-18H2,1-4H3,(H,46,51)(H,47,52,53)/t25?,26-,27?/m0/s1. The number of fused-ring (bicyclic) bond motifs is 1. The average Bonchev–Trinajstić information content (AvgIpc) is 3.12. The van der Waals surface area contributed by atoms with Gasteiger partial charge in [0.2, 0.25) is 17.6 Å². The number of imide groups is 1. The molecule has 10 nitrogen and oxygen atoms in total. The van der Waals surface area contributed by atoms with Gasteiger partial charge in [-0.2, -0.15) is 39.5 Å². The number of benzene rings is 2. The van der Waals surface area contributed by atoms with E-state index in [-0.39, 0.29) is 22.6 Å². The van der Waals surface area contributed by atoms with Gasteiger partial charge in [0, 0.05) is 30.8 Å². The maximum absolute atomic E-state index is 15.1. The van der Waals surface area contributed by atoms with Crippen molar-refractivity contribution in [3.63, 3.8) is 0 Å². The first-order valence-corrected chi connectivity index (χ1v) is 17.1. The van der Waals surface area contributed by atoms with Crippen molar-refractivity contribution in [2.45, 2.75) is 82.7 Å². The first kappa shape index (κ1) is 43.2. The summed E-state index contributed by atoms with van der Waals surface area (Å²) in [5.74, 6) is -29.7. The lowest BCUT2D eigenvalue weighted by Crippen LogP contribution is -2.68. The second kappa shape index (κ2) is 16.3. The van der Waals surface area contributed by atoms with E-state index in [1.807, 2.05) is 5.32 Å². The molecule has 2 aliphatic heterocycles. The van der Waals surface area contributed by atoms with E-state index in [4.69, 9.17) is 4.74 Å². The lowest BCUT2D eigenvalue weighted by atomic mass is 9.85. The Kier molecular flexibility index (Phi) is 12.8. The van der Waals surface area contributed by atoms with Crippen LogP contribution in [0.1, 0.15) is 59.5 Å². The molecule has 2 N–H and O–H groups in total. The first-order valence-electron chi connectivity index (χ1n) is 17.1. The zero-order chi connectivity index (χ0) is 41.3. The zero-order valence-corrected chi connectivity index (χ0v) is 30.0. The fourth-order valence-corrected chi connectivity index (χ4v) is 6.39. The molecule has 2 aromatic rings. The van der Waals surface area contributed by atoms with Crippen molar-refractivity contribution in [2.24, 2.45) is 11.8 Å². The normalized spacial score (nSPS) is 18.4. The fraction of sp³-hybridized carbons (Fsp3) is 0.528. The highest BCUT2D eigenvalue weighted by Gasteiger charge is 2.84. The van der Waals surface area contributed by atoms with Gasteiger partial charge in [-0.05, 0) is 53.6 Å². The van der Waals surface area contributed by atoms with Crippen LogP contribution in [-0.2, 0) is 32.1 Å². The Balaban J connectivity index is 1.59. The van der Waals surface area contributed by atoms with Gasteiger partial charge in [-0.3, -0.25) is 34.2 Å². The van der Waals surface area contributed by atoms with E-state index >= 15 is 8.78 Å². The Labute approximate surface area is 309 Å². The second-order valence-corrected chi connectivity index (χ2v) is 14.0. The molecule has 19 heteroatoms. The number of carbonyl (C=O) groups is 5. The lowest BCUT2D eigenvalue weighted by Gasteiger charge is -2.44. The molecular formula is C36H39F9N4O6. The van der Waals surface area contributed by atoms with E-state index in [0.29, 0.717) is 36.8 Å². The summed E-state index contributed by atoms with van der Waals surface area (Å²) in [5.41, 5.74) is 1.00. The molecule has 0 saturated carbocycles. The molecule has 4 rings (SSSR count). The molecule has 0 radical (unpaired) electrons. The third-order valence-corrected chi connectivity index (χ3v) is 9.47. The first-order chi connectivity index (χ1) is 25.4. The summed E-state index contributed by atoms with van der Waals surface area (Å²) < 4.78 is 131. The molecule has 1 saturated heterocycles. The van der Waals surface area contributed by atoms with E-state index < -0.39 is 90.4 Å². The van der Waals surface area contributed by atoms with Crippen molar-refractivity contribution in [2.75, 3.05) is 26.3 Å². The minimum atomic E-state index is -7.32. The maximum Gasteiger partial charge on any atom is 0.460 e. The van der Waals surface area contributed by atoms with Gasteiger partial charge < -0.3 is 15.0 Å². The van der Waals surface area contributed by atoms with Crippen molar-refractivity contribution < 1.29 is 68.2 Å². The molecule has 4 amide bonds. The average molecular weight is 795 g/mol. The van der Waals surface area contributed by atoms with Crippen LogP contribution in [0.25, 0.3) is 0 Å². The SMILES string of the molecule is CC(C)C(C(=O)C(F)(F)C(F)(F)C(F)(F)C(F)(F)F)N1Cc2ccccc2CC1C(=O)NC(=O)[C@@H](NC(=O)c1ccc(C(=O)N2CCOCC2)cc1)C(C)C. The molecule has 0 aromatic heterocycles. The quantitative estimate of drug-likeness (QED) is 0.289. The van der Waals surface area contributed by atoms with E-state index in [1.165, 1.54) is 62.4 Å². The van der Waals surface area contributed by atoms with E-state index in [2.05, 4.69) is 5.32 Å². The molecule has 0 aliphatic carbocycles. The number of rotatable bonds is 12. The summed E-state index contributed by atoms with van der Waals surface area (Å²) in [6.45, 7) is 5.99.